The van der Waals surface area contributed by atoms with E-state index in [0.29, 0.717) is 30.5 Å². The fourth-order valence-corrected chi connectivity index (χ4v) is 5.05. The lowest BCUT2D eigenvalue weighted by Crippen LogP contribution is -2.30. The van der Waals surface area contributed by atoms with E-state index in [1.54, 1.807) is 19.2 Å². The number of rotatable bonds is 9. The van der Waals surface area contributed by atoms with E-state index in [1.165, 1.54) is 51.7 Å². The van der Waals surface area contributed by atoms with Crippen molar-refractivity contribution >= 4 is 38.4 Å². The molecule has 0 radical (unpaired) electrons. The highest BCUT2D eigenvalue weighted by atomic mass is 32.2. The molecule has 0 atom stereocenters. The van der Waals surface area contributed by atoms with Crippen LogP contribution in [-0.4, -0.2) is 49.2 Å². The zero-order chi connectivity index (χ0) is 21.6. The summed E-state index contributed by atoms with van der Waals surface area (Å²) < 4.78 is 31.6. The number of benzene rings is 1. The molecule has 0 bridgehead atoms. The van der Waals surface area contributed by atoms with E-state index in [9.17, 15) is 18.0 Å². The number of esters is 1. The maximum atomic E-state index is 12.5. The SMILES string of the molecule is CCN(C(C)=O)c1nc(COC(=O)c2ccc(S(=O)(=O)N(CC)CC)cc2)cs1. The largest absolute Gasteiger partial charge is 0.456 e. The first-order valence-electron chi connectivity index (χ1n) is 9.24. The Balaban J connectivity index is 2.04. The lowest BCUT2D eigenvalue weighted by atomic mass is 10.2. The van der Waals surface area contributed by atoms with Crippen LogP contribution in [0.15, 0.2) is 34.5 Å². The summed E-state index contributed by atoms with van der Waals surface area (Å²) in [5, 5.41) is 2.28. The highest BCUT2D eigenvalue weighted by molar-refractivity contribution is 7.89. The smallest absolute Gasteiger partial charge is 0.338 e. The second-order valence-electron chi connectivity index (χ2n) is 6.07. The molecule has 1 aromatic carbocycles. The molecule has 1 aromatic heterocycles. The first-order valence-corrected chi connectivity index (χ1v) is 11.6. The van der Waals surface area contributed by atoms with Gasteiger partial charge in [0.05, 0.1) is 16.2 Å². The van der Waals surface area contributed by atoms with Gasteiger partial charge in [-0.2, -0.15) is 4.31 Å². The number of ether oxygens (including phenoxy) is 1. The molecule has 2 aromatic rings. The second kappa shape index (κ2) is 9.95. The van der Waals surface area contributed by atoms with Crippen LogP contribution in [0.2, 0.25) is 0 Å². The molecular formula is C19H25N3O5S2. The summed E-state index contributed by atoms with van der Waals surface area (Å²) in [6, 6.07) is 5.66. The van der Waals surface area contributed by atoms with Crippen LogP contribution in [0, 0.1) is 0 Å². The Morgan fingerprint density at radius 3 is 2.21 bits per heavy atom. The molecule has 29 heavy (non-hydrogen) atoms. The summed E-state index contributed by atoms with van der Waals surface area (Å²) in [6.45, 7) is 8.07. The molecule has 1 amide bonds. The quantitative estimate of drug-likeness (QED) is 0.558. The zero-order valence-electron chi connectivity index (χ0n) is 16.9. The van der Waals surface area contributed by atoms with Crippen molar-refractivity contribution < 1.29 is 22.7 Å². The van der Waals surface area contributed by atoms with Crippen molar-refractivity contribution in [1.29, 1.82) is 0 Å². The van der Waals surface area contributed by atoms with Crippen LogP contribution in [0.5, 0.6) is 0 Å². The van der Waals surface area contributed by atoms with Crippen molar-refractivity contribution in [3.05, 3.63) is 40.9 Å². The van der Waals surface area contributed by atoms with Gasteiger partial charge in [-0.1, -0.05) is 13.8 Å². The van der Waals surface area contributed by atoms with Crippen LogP contribution < -0.4 is 4.90 Å². The predicted molar refractivity (Wildman–Crippen MR) is 111 cm³/mol. The van der Waals surface area contributed by atoms with E-state index in [4.69, 9.17) is 4.74 Å². The number of aromatic nitrogens is 1. The third-order valence-corrected chi connectivity index (χ3v) is 7.23. The molecule has 0 fully saturated rings. The molecule has 158 valence electrons. The van der Waals surface area contributed by atoms with Crippen LogP contribution in [0.4, 0.5) is 5.13 Å². The molecular weight excluding hydrogens is 414 g/mol. The summed E-state index contributed by atoms with van der Waals surface area (Å²) in [5.74, 6) is -0.685. The van der Waals surface area contributed by atoms with Crippen molar-refractivity contribution in [2.45, 2.75) is 39.2 Å². The number of anilines is 1. The number of thiazole rings is 1. The Morgan fingerprint density at radius 2 is 1.69 bits per heavy atom. The molecule has 0 spiro atoms. The Hall–Kier alpha value is -2.30. The van der Waals surface area contributed by atoms with E-state index in [2.05, 4.69) is 4.98 Å². The highest BCUT2D eigenvalue weighted by Gasteiger charge is 2.22. The third kappa shape index (κ3) is 5.40. The molecule has 0 saturated carbocycles. The van der Waals surface area contributed by atoms with Crippen LogP contribution in [-0.2, 0) is 26.2 Å². The number of nitrogens with zero attached hydrogens (tertiary/aromatic N) is 3. The van der Waals surface area contributed by atoms with E-state index >= 15 is 0 Å². The van der Waals surface area contributed by atoms with Gasteiger partial charge in [-0.3, -0.25) is 9.69 Å². The Bertz CT molecular complexity index is 950. The normalized spacial score (nSPS) is 11.5. The predicted octanol–water partition coefficient (Wildman–Crippen LogP) is 2.90. The number of amides is 1. The number of sulfonamides is 1. The molecule has 0 saturated heterocycles. The number of carbonyl (C=O) groups excluding carboxylic acids is 2. The lowest BCUT2D eigenvalue weighted by Gasteiger charge is -2.18. The van der Waals surface area contributed by atoms with E-state index in [0.717, 1.165) is 0 Å². The molecule has 10 heteroatoms. The molecule has 8 nitrogen and oxygen atoms in total. The summed E-state index contributed by atoms with van der Waals surface area (Å²) >= 11 is 1.30. The third-order valence-electron chi connectivity index (χ3n) is 4.25. The van der Waals surface area contributed by atoms with Gasteiger partial charge in [-0.15, -0.1) is 11.3 Å². The van der Waals surface area contributed by atoms with Crippen LogP contribution in [0.25, 0.3) is 0 Å². The van der Waals surface area contributed by atoms with Crippen molar-refractivity contribution in [3.8, 4) is 0 Å². The van der Waals surface area contributed by atoms with Gasteiger partial charge >= 0.3 is 5.97 Å². The van der Waals surface area contributed by atoms with Crippen molar-refractivity contribution in [1.82, 2.24) is 9.29 Å². The van der Waals surface area contributed by atoms with Gasteiger partial charge in [0.2, 0.25) is 15.9 Å². The molecule has 2 rings (SSSR count). The number of hydrogen-bond donors (Lipinski definition) is 0. The average Bonchev–Trinajstić information content (AvgIpc) is 3.15. The van der Waals surface area contributed by atoms with Gasteiger partial charge in [-0.05, 0) is 31.2 Å². The van der Waals surface area contributed by atoms with E-state index < -0.39 is 16.0 Å². The van der Waals surface area contributed by atoms with E-state index in [1.807, 2.05) is 6.92 Å². The van der Waals surface area contributed by atoms with Crippen LogP contribution >= 0.6 is 11.3 Å². The zero-order valence-corrected chi connectivity index (χ0v) is 18.5. The fourth-order valence-electron chi connectivity index (χ4n) is 2.68. The minimum Gasteiger partial charge on any atom is -0.456 e. The minimum atomic E-state index is -3.57. The van der Waals surface area contributed by atoms with E-state index in [-0.39, 0.29) is 23.0 Å². The van der Waals surface area contributed by atoms with Gasteiger partial charge in [0.25, 0.3) is 0 Å². The lowest BCUT2D eigenvalue weighted by molar-refractivity contribution is -0.116. The van der Waals surface area contributed by atoms with Gasteiger partial charge in [0, 0.05) is 31.9 Å². The maximum absolute atomic E-state index is 12.5. The molecule has 0 aliphatic rings. The van der Waals surface area contributed by atoms with Gasteiger partial charge < -0.3 is 4.74 Å². The summed E-state index contributed by atoms with van der Waals surface area (Å²) in [6.07, 6.45) is 0. The maximum Gasteiger partial charge on any atom is 0.338 e. The molecule has 0 N–H and O–H groups in total. The van der Waals surface area contributed by atoms with Crippen LogP contribution in [0.1, 0.15) is 43.7 Å². The first-order chi connectivity index (χ1) is 13.7. The summed E-state index contributed by atoms with van der Waals surface area (Å²) in [4.78, 5) is 29.8. The fraction of sp³-hybridized carbons (Fsp3) is 0.421. The summed E-state index contributed by atoms with van der Waals surface area (Å²) in [5.41, 5.74) is 0.789. The second-order valence-corrected chi connectivity index (χ2v) is 8.85. The van der Waals surface area contributed by atoms with Crippen LogP contribution in [0.3, 0.4) is 0 Å². The Kier molecular flexibility index (Phi) is 7.88. The van der Waals surface area contributed by atoms with Crippen molar-refractivity contribution in [3.63, 3.8) is 0 Å². The molecule has 1 heterocycles. The average molecular weight is 440 g/mol. The highest BCUT2D eigenvalue weighted by Crippen LogP contribution is 2.21. The van der Waals surface area contributed by atoms with Crippen molar-refractivity contribution in [2.24, 2.45) is 0 Å². The molecule has 0 unspecified atom stereocenters. The van der Waals surface area contributed by atoms with Gasteiger partial charge in [0.15, 0.2) is 5.13 Å². The number of carbonyl (C=O) groups is 2. The minimum absolute atomic E-state index is 0.0374. The van der Waals surface area contributed by atoms with Gasteiger partial charge in [-0.25, -0.2) is 18.2 Å². The number of hydrogen-bond acceptors (Lipinski definition) is 7. The monoisotopic (exact) mass is 439 g/mol. The molecule has 0 aliphatic heterocycles. The topological polar surface area (TPSA) is 96.9 Å². The standard InChI is InChI=1S/C19H25N3O5S2/c1-5-21(6-2)29(25,26)17-10-8-15(9-11-17)18(24)27-12-16-13-28-19(20-16)22(7-3)14(4)23/h8-11,13H,5-7,12H2,1-4H3. The Labute approximate surface area is 175 Å². The van der Waals surface area contributed by atoms with Crippen molar-refractivity contribution in [2.75, 3.05) is 24.5 Å². The Morgan fingerprint density at radius 1 is 1.07 bits per heavy atom. The van der Waals surface area contributed by atoms with Gasteiger partial charge in [0.1, 0.15) is 6.61 Å². The summed E-state index contributed by atoms with van der Waals surface area (Å²) in [7, 11) is -3.57. The molecule has 0 aliphatic carbocycles. The first kappa shape index (κ1) is 23.0.